The van der Waals surface area contributed by atoms with Gasteiger partial charge in [0, 0.05) is 17.2 Å². The molecule has 1 aliphatic rings. The highest BCUT2D eigenvalue weighted by atomic mass is 32.1. The van der Waals surface area contributed by atoms with Crippen LogP contribution in [-0.2, 0) is 14.3 Å². The summed E-state index contributed by atoms with van der Waals surface area (Å²) in [5.74, 6) is 0.691. The molecule has 0 saturated carbocycles. The summed E-state index contributed by atoms with van der Waals surface area (Å²) in [4.78, 5) is 44.3. The van der Waals surface area contributed by atoms with Gasteiger partial charge in [-0.2, -0.15) is 0 Å². The Labute approximate surface area is 252 Å². The van der Waals surface area contributed by atoms with Gasteiger partial charge >= 0.3 is 11.9 Å². The Hall–Kier alpha value is -4.70. The largest absolute Gasteiger partial charge is 0.491 e. The van der Waals surface area contributed by atoms with E-state index in [4.69, 9.17) is 18.6 Å². The van der Waals surface area contributed by atoms with Crippen molar-refractivity contribution in [1.29, 1.82) is 0 Å². The number of thiazole rings is 1. The number of allylic oxidation sites excluding steroid dienone is 1. The van der Waals surface area contributed by atoms with Crippen LogP contribution in [0.15, 0.2) is 86.1 Å². The average molecular weight is 601 g/mol. The van der Waals surface area contributed by atoms with E-state index in [2.05, 4.69) is 4.99 Å². The van der Waals surface area contributed by atoms with Gasteiger partial charge in [-0.1, -0.05) is 41.7 Å². The number of ether oxygens (including phenoxy) is 3. The van der Waals surface area contributed by atoms with Gasteiger partial charge in [-0.05, 0) is 65.0 Å². The van der Waals surface area contributed by atoms with Crippen LogP contribution >= 0.6 is 11.3 Å². The molecule has 43 heavy (non-hydrogen) atoms. The lowest BCUT2D eigenvalue weighted by atomic mass is 9.95. The second-order valence-corrected chi connectivity index (χ2v) is 11.0. The maximum Gasteiger partial charge on any atom is 0.338 e. The molecule has 0 bridgehead atoms. The molecule has 0 amide bonds. The number of rotatable bonds is 9. The Morgan fingerprint density at radius 2 is 1.70 bits per heavy atom. The summed E-state index contributed by atoms with van der Waals surface area (Å²) in [7, 11) is 0. The van der Waals surface area contributed by atoms with Gasteiger partial charge < -0.3 is 18.6 Å². The third-order valence-electron chi connectivity index (χ3n) is 6.67. The van der Waals surface area contributed by atoms with Crippen molar-refractivity contribution in [2.24, 2.45) is 4.99 Å². The number of para-hydroxylation sites is 1. The van der Waals surface area contributed by atoms with Crippen molar-refractivity contribution >= 4 is 29.4 Å². The number of hydrogen-bond donors (Lipinski definition) is 0. The van der Waals surface area contributed by atoms with Crippen molar-refractivity contribution < 1.29 is 28.2 Å². The predicted octanol–water partition coefficient (Wildman–Crippen LogP) is 5.02. The quantitative estimate of drug-likeness (QED) is 0.248. The zero-order chi connectivity index (χ0) is 30.7. The van der Waals surface area contributed by atoms with E-state index in [9.17, 15) is 14.4 Å². The molecule has 0 N–H and O–H groups in total. The standard InChI is InChI=1S/C33H32N2O7S/c1-6-39-31(37)22-14-12-21(13-15-22)25-17-16-23(42-25)18-27-30(36)35-29(24-10-8-9-11-26(24)41-19(3)4)28(32(38)40-7-2)20(5)34-33(35)43-27/h8-19,29H,6-7H2,1-5H3/b27-18+/t29-/m0/s1. The fourth-order valence-electron chi connectivity index (χ4n) is 4.85. The number of fused-ring (bicyclic) bond motifs is 1. The third kappa shape index (κ3) is 6.10. The van der Waals surface area contributed by atoms with Gasteiger partial charge in [-0.15, -0.1) is 0 Å². The number of carbonyl (C=O) groups is 2. The highest BCUT2D eigenvalue weighted by Gasteiger charge is 2.35. The normalized spacial score (nSPS) is 14.8. The van der Waals surface area contributed by atoms with Crippen molar-refractivity contribution in [2.45, 2.75) is 46.8 Å². The zero-order valence-corrected chi connectivity index (χ0v) is 25.4. The van der Waals surface area contributed by atoms with Gasteiger partial charge in [0.25, 0.3) is 5.56 Å². The van der Waals surface area contributed by atoms with E-state index in [1.165, 1.54) is 15.9 Å². The van der Waals surface area contributed by atoms with Gasteiger partial charge in [0.15, 0.2) is 4.80 Å². The maximum absolute atomic E-state index is 14.0. The summed E-state index contributed by atoms with van der Waals surface area (Å²) >= 11 is 1.21. The maximum atomic E-state index is 14.0. The van der Waals surface area contributed by atoms with Crippen LogP contribution < -0.4 is 19.6 Å². The van der Waals surface area contributed by atoms with Crippen LogP contribution in [0.5, 0.6) is 5.75 Å². The summed E-state index contributed by atoms with van der Waals surface area (Å²) in [5.41, 5.74) is 2.32. The van der Waals surface area contributed by atoms with Crippen LogP contribution in [0, 0.1) is 0 Å². The average Bonchev–Trinajstić information content (AvgIpc) is 3.57. The Balaban J connectivity index is 1.58. The highest BCUT2D eigenvalue weighted by Crippen LogP contribution is 2.36. The fraction of sp³-hybridized carbons (Fsp3) is 0.273. The van der Waals surface area contributed by atoms with E-state index >= 15 is 0 Å². The molecule has 10 heteroatoms. The van der Waals surface area contributed by atoms with Gasteiger partial charge in [0.05, 0.1) is 40.7 Å². The van der Waals surface area contributed by atoms with Crippen LogP contribution in [0.1, 0.15) is 62.3 Å². The first-order valence-corrected chi connectivity index (χ1v) is 14.9. The van der Waals surface area contributed by atoms with Crippen LogP contribution in [0.3, 0.4) is 0 Å². The summed E-state index contributed by atoms with van der Waals surface area (Å²) in [6.45, 7) is 9.56. The molecule has 0 spiro atoms. The summed E-state index contributed by atoms with van der Waals surface area (Å²) < 4.78 is 24.5. The highest BCUT2D eigenvalue weighted by molar-refractivity contribution is 7.07. The van der Waals surface area contributed by atoms with Crippen LogP contribution in [-0.4, -0.2) is 35.8 Å². The Kier molecular flexibility index (Phi) is 8.77. The van der Waals surface area contributed by atoms with E-state index in [1.54, 1.807) is 63.2 Å². The zero-order valence-electron chi connectivity index (χ0n) is 24.6. The van der Waals surface area contributed by atoms with E-state index in [0.29, 0.717) is 50.0 Å². The van der Waals surface area contributed by atoms with Crippen LogP contribution in [0.2, 0.25) is 0 Å². The molecule has 2 aromatic heterocycles. The smallest absolute Gasteiger partial charge is 0.338 e. The predicted molar refractivity (Wildman–Crippen MR) is 163 cm³/mol. The topological polar surface area (TPSA) is 109 Å². The Bertz CT molecular complexity index is 1880. The molecule has 3 heterocycles. The van der Waals surface area contributed by atoms with E-state index < -0.39 is 12.0 Å². The number of aromatic nitrogens is 1. The van der Waals surface area contributed by atoms with Gasteiger partial charge in [-0.25, -0.2) is 14.6 Å². The monoisotopic (exact) mass is 600 g/mol. The van der Waals surface area contributed by atoms with Crippen molar-refractivity contribution in [1.82, 2.24) is 4.57 Å². The first-order valence-electron chi connectivity index (χ1n) is 14.0. The second-order valence-electron chi connectivity index (χ2n) is 10.0. The molecule has 0 fully saturated rings. The SMILES string of the molecule is CCOC(=O)C1=C(C)N=c2s/c(=C/c3ccc(-c4ccc(C(=O)OCC)cc4)o3)c(=O)n2[C@H]1c1ccccc1OC(C)C. The molecule has 222 valence electrons. The van der Waals surface area contributed by atoms with Crippen LogP contribution in [0.4, 0.5) is 0 Å². The van der Waals surface area contributed by atoms with Crippen molar-refractivity contribution in [2.75, 3.05) is 13.2 Å². The lowest BCUT2D eigenvalue weighted by Gasteiger charge is -2.26. The Morgan fingerprint density at radius 1 is 1.00 bits per heavy atom. The number of furan rings is 1. The lowest BCUT2D eigenvalue weighted by molar-refractivity contribution is -0.139. The minimum atomic E-state index is -0.794. The molecular formula is C33H32N2O7S. The molecule has 0 aliphatic carbocycles. The van der Waals surface area contributed by atoms with Gasteiger partial charge in [0.1, 0.15) is 23.3 Å². The second kappa shape index (κ2) is 12.7. The molecule has 1 atom stereocenters. The lowest BCUT2D eigenvalue weighted by Crippen LogP contribution is -2.40. The molecule has 0 radical (unpaired) electrons. The minimum Gasteiger partial charge on any atom is -0.491 e. The summed E-state index contributed by atoms with van der Waals surface area (Å²) in [6, 6.07) is 17.1. The molecule has 9 nitrogen and oxygen atoms in total. The van der Waals surface area contributed by atoms with Crippen molar-refractivity contribution in [3.8, 4) is 17.1 Å². The van der Waals surface area contributed by atoms with Crippen molar-refractivity contribution in [3.05, 3.63) is 109 Å². The first kappa shape index (κ1) is 29.8. The number of benzene rings is 2. The van der Waals surface area contributed by atoms with Crippen LogP contribution in [0.25, 0.3) is 17.4 Å². The first-order chi connectivity index (χ1) is 20.7. The minimum absolute atomic E-state index is 0.123. The molecule has 2 aromatic carbocycles. The number of esters is 2. The number of hydrogen-bond acceptors (Lipinski definition) is 9. The molecular weight excluding hydrogens is 568 g/mol. The van der Waals surface area contributed by atoms with E-state index in [-0.39, 0.29) is 29.8 Å². The number of nitrogens with zero attached hydrogens (tertiary/aromatic N) is 2. The van der Waals surface area contributed by atoms with E-state index in [1.807, 2.05) is 38.1 Å². The third-order valence-corrected chi connectivity index (χ3v) is 7.66. The number of carbonyl (C=O) groups excluding carboxylic acids is 2. The molecule has 5 rings (SSSR count). The van der Waals surface area contributed by atoms with Gasteiger partial charge in [0.2, 0.25) is 0 Å². The molecule has 1 aliphatic heterocycles. The van der Waals surface area contributed by atoms with Gasteiger partial charge in [-0.3, -0.25) is 9.36 Å². The van der Waals surface area contributed by atoms with Crippen molar-refractivity contribution in [3.63, 3.8) is 0 Å². The fourth-order valence-corrected chi connectivity index (χ4v) is 5.88. The molecule has 0 saturated heterocycles. The summed E-state index contributed by atoms with van der Waals surface area (Å²) in [5, 5.41) is 0. The summed E-state index contributed by atoms with van der Waals surface area (Å²) in [6.07, 6.45) is 1.54. The van der Waals surface area contributed by atoms with E-state index in [0.717, 1.165) is 5.56 Å². The Morgan fingerprint density at radius 3 is 2.40 bits per heavy atom. The molecule has 0 unspecified atom stereocenters. The molecule has 4 aromatic rings.